The first-order valence-electron chi connectivity index (χ1n) is 5.32. The summed E-state index contributed by atoms with van der Waals surface area (Å²) in [5.74, 6) is -0.456. The van der Waals surface area contributed by atoms with Gasteiger partial charge in [-0.25, -0.2) is 12.8 Å². The van der Waals surface area contributed by atoms with E-state index in [9.17, 15) is 12.8 Å². The fourth-order valence-electron chi connectivity index (χ4n) is 1.44. The van der Waals surface area contributed by atoms with Crippen molar-refractivity contribution >= 4 is 9.84 Å². The normalized spacial score (nSPS) is 19.7. The van der Waals surface area contributed by atoms with Crippen LogP contribution in [-0.4, -0.2) is 26.3 Å². The van der Waals surface area contributed by atoms with Gasteiger partial charge in [-0.2, -0.15) is 0 Å². The number of sulfone groups is 1. The van der Waals surface area contributed by atoms with Crippen molar-refractivity contribution in [3.63, 3.8) is 0 Å². The summed E-state index contributed by atoms with van der Waals surface area (Å²) < 4.78 is 47.3. The predicted octanol–water partition coefficient (Wildman–Crippen LogP) is 1.22. The highest BCUT2D eigenvalue weighted by Gasteiger charge is 2.39. The maximum atomic E-state index is 14.1. The molecule has 1 atom stereocenters. The Morgan fingerprint density at radius 2 is 2.21 bits per heavy atom. The number of halogens is 1. The van der Waals surface area contributed by atoms with Gasteiger partial charge in [-0.3, -0.25) is 10.3 Å². The van der Waals surface area contributed by atoms with Crippen LogP contribution in [0.1, 0.15) is 25.1 Å². The molecule has 0 aliphatic carbocycles. The summed E-state index contributed by atoms with van der Waals surface area (Å²) in [7, 11) is -2.98. The third-order valence-electron chi connectivity index (χ3n) is 2.41. The molecule has 0 spiro atoms. The van der Waals surface area contributed by atoms with Crippen molar-refractivity contribution < 1.29 is 26.9 Å². The Labute approximate surface area is 109 Å². The van der Waals surface area contributed by atoms with E-state index in [2.05, 4.69) is 15.2 Å². The Morgan fingerprint density at radius 1 is 1.53 bits per heavy atom. The van der Waals surface area contributed by atoms with Gasteiger partial charge in [0.05, 0.1) is 7.11 Å². The summed E-state index contributed by atoms with van der Waals surface area (Å²) in [5.41, 5.74) is -1.02. The number of nitrogens with one attached hydrogen (secondary N) is 1. The van der Waals surface area contributed by atoms with Gasteiger partial charge in [0.25, 0.3) is 11.4 Å². The molecule has 0 amide bonds. The van der Waals surface area contributed by atoms with E-state index in [1.165, 1.54) is 13.2 Å². The molecule has 0 saturated heterocycles. The van der Waals surface area contributed by atoms with Crippen molar-refractivity contribution in [2.75, 3.05) is 7.11 Å². The molecular formula is C10H13FN2O5S. The zero-order chi connectivity index (χ0) is 14.3. The van der Waals surface area contributed by atoms with Crippen LogP contribution in [0.4, 0.5) is 4.39 Å². The fraction of sp³-hybridized carbons (Fsp3) is 0.500. The van der Waals surface area contributed by atoms with Crippen LogP contribution < -0.4 is 10.2 Å². The molecule has 0 bridgehead atoms. The maximum Gasteiger partial charge on any atom is 0.266 e. The van der Waals surface area contributed by atoms with E-state index in [0.717, 1.165) is 6.07 Å². The Hall–Kier alpha value is -1.61. The van der Waals surface area contributed by atoms with Crippen molar-refractivity contribution in [2.24, 2.45) is 0 Å². The van der Waals surface area contributed by atoms with E-state index in [1.807, 2.05) is 0 Å². The largest absolute Gasteiger partial charge is 0.479 e. The van der Waals surface area contributed by atoms with Gasteiger partial charge in [-0.05, 0) is 25.1 Å². The highest BCUT2D eigenvalue weighted by molar-refractivity contribution is 7.95. The standard InChI is InChI=1S/C10H13FN2O5S/c1-10(2)5-8(13-18-10)19(14,15)9(11)6-4-7(16-3)12-17-6/h4-5,9,13H,1-3H3. The van der Waals surface area contributed by atoms with Gasteiger partial charge >= 0.3 is 0 Å². The molecule has 106 valence electrons. The highest BCUT2D eigenvalue weighted by Crippen LogP contribution is 2.33. The number of alkyl halides is 1. The number of ether oxygens (including phenoxy) is 1. The van der Waals surface area contributed by atoms with Crippen LogP contribution >= 0.6 is 0 Å². The number of methoxy groups -OCH3 is 1. The number of hydrogen-bond acceptors (Lipinski definition) is 7. The molecule has 1 N–H and O–H groups in total. The minimum Gasteiger partial charge on any atom is -0.479 e. The average molecular weight is 292 g/mol. The zero-order valence-electron chi connectivity index (χ0n) is 10.5. The van der Waals surface area contributed by atoms with Gasteiger partial charge in [0.15, 0.2) is 10.8 Å². The molecule has 9 heteroatoms. The number of hydroxylamine groups is 1. The van der Waals surface area contributed by atoms with Crippen LogP contribution in [0.15, 0.2) is 21.7 Å². The van der Waals surface area contributed by atoms with E-state index in [0.29, 0.717) is 0 Å². The van der Waals surface area contributed by atoms with Crippen molar-refractivity contribution in [1.82, 2.24) is 10.6 Å². The first kappa shape index (κ1) is 13.8. The summed E-state index contributed by atoms with van der Waals surface area (Å²) in [4.78, 5) is 4.99. The van der Waals surface area contributed by atoms with E-state index in [-0.39, 0.29) is 10.9 Å². The van der Waals surface area contributed by atoms with Gasteiger partial charge in [0, 0.05) is 6.07 Å². The van der Waals surface area contributed by atoms with E-state index in [1.54, 1.807) is 13.8 Å². The molecule has 19 heavy (non-hydrogen) atoms. The number of hydrogen-bond donors (Lipinski definition) is 1. The maximum absolute atomic E-state index is 14.1. The minimum absolute atomic E-state index is 0.00205. The van der Waals surface area contributed by atoms with Crippen LogP contribution in [0.2, 0.25) is 0 Å². The molecule has 0 aromatic carbocycles. The molecule has 0 radical (unpaired) electrons. The topological polar surface area (TPSA) is 90.7 Å². The van der Waals surface area contributed by atoms with Crippen LogP contribution in [0.3, 0.4) is 0 Å². The van der Waals surface area contributed by atoms with Crippen LogP contribution in [-0.2, 0) is 14.7 Å². The molecule has 1 aromatic rings. The number of nitrogens with zero attached hydrogens (tertiary/aromatic N) is 1. The second kappa shape index (κ2) is 4.49. The van der Waals surface area contributed by atoms with Gasteiger partial charge < -0.3 is 9.26 Å². The van der Waals surface area contributed by atoms with Gasteiger partial charge in [0.2, 0.25) is 9.84 Å². The third kappa shape index (κ3) is 2.56. The third-order valence-corrected chi connectivity index (χ3v) is 4.00. The number of aromatic nitrogens is 1. The van der Waals surface area contributed by atoms with E-state index >= 15 is 0 Å². The first-order chi connectivity index (χ1) is 8.76. The van der Waals surface area contributed by atoms with Crippen molar-refractivity contribution in [3.8, 4) is 5.88 Å². The molecule has 2 heterocycles. The highest BCUT2D eigenvalue weighted by atomic mass is 32.2. The predicted molar refractivity (Wildman–Crippen MR) is 62.2 cm³/mol. The molecule has 1 aliphatic rings. The van der Waals surface area contributed by atoms with Crippen LogP contribution in [0.25, 0.3) is 0 Å². The molecule has 7 nitrogen and oxygen atoms in total. The second-order valence-corrected chi connectivity index (χ2v) is 6.39. The summed E-state index contributed by atoms with van der Waals surface area (Å²) in [5, 5.41) is 3.00. The summed E-state index contributed by atoms with van der Waals surface area (Å²) in [6, 6.07) is 1.07. The molecule has 0 fully saturated rings. The SMILES string of the molecule is COc1cc(C(F)S(=O)(=O)C2=CC(C)(C)ON2)on1. The molecule has 1 aromatic heterocycles. The van der Waals surface area contributed by atoms with Gasteiger partial charge in [-0.1, -0.05) is 0 Å². The molecule has 2 rings (SSSR count). The molecule has 0 saturated carbocycles. The van der Waals surface area contributed by atoms with E-state index in [4.69, 9.17) is 9.57 Å². The average Bonchev–Trinajstić information content (AvgIpc) is 2.94. The lowest BCUT2D eigenvalue weighted by atomic mass is 10.1. The Balaban J connectivity index is 2.30. The molecule has 1 unspecified atom stereocenters. The zero-order valence-corrected chi connectivity index (χ0v) is 11.3. The lowest BCUT2D eigenvalue weighted by molar-refractivity contribution is -0.0130. The summed E-state index contributed by atoms with van der Waals surface area (Å²) in [6.07, 6.45) is 1.28. The Bertz CT molecular complexity index is 607. The quantitative estimate of drug-likeness (QED) is 0.892. The summed E-state index contributed by atoms with van der Waals surface area (Å²) in [6.45, 7) is 3.26. The Kier molecular flexibility index (Phi) is 3.27. The van der Waals surface area contributed by atoms with Crippen LogP contribution in [0.5, 0.6) is 5.88 Å². The lowest BCUT2D eigenvalue weighted by Crippen LogP contribution is -2.23. The fourth-order valence-corrected chi connectivity index (χ4v) is 2.68. The summed E-state index contributed by atoms with van der Waals surface area (Å²) >= 11 is 0. The van der Waals surface area contributed by atoms with Gasteiger partial charge in [0.1, 0.15) is 5.60 Å². The van der Waals surface area contributed by atoms with E-state index < -0.39 is 26.7 Å². The van der Waals surface area contributed by atoms with Crippen molar-refractivity contribution in [1.29, 1.82) is 0 Å². The first-order valence-corrected chi connectivity index (χ1v) is 6.86. The van der Waals surface area contributed by atoms with Crippen LogP contribution in [0, 0.1) is 0 Å². The van der Waals surface area contributed by atoms with Crippen molar-refractivity contribution in [2.45, 2.75) is 25.0 Å². The lowest BCUT2D eigenvalue weighted by Gasteiger charge is -2.11. The molecule has 1 aliphatic heterocycles. The monoisotopic (exact) mass is 292 g/mol. The Morgan fingerprint density at radius 3 is 2.68 bits per heavy atom. The second-order valence-electron chi connectivity index (χ2n) is 4.45. The van der Waals surface area contributed by atoms with Crippen molar-refractivity contribution in [3.05, 3.63) is 22.9 Å². The minimum atomic E-state index is -4.29. The molecular weight excluding hydrogens is 279 g/mol. The smallest absolute Gasteiger partial charge is 0.266 e. The van der Waals surface area contributed by atoms with Gasteiger partial charge in [-0.15, -0.1) is 0 Å². The number of rotatable bonds is 4.